The van der Waals surface area contributed by atoms with Crippen LogP contribution in [0, 0.1) is 0 Å². The van der Waals surface area contributed by atoms with E-state index in [4.69, 9.17) is 14.6 Å². The molecule has 0 spiro atoms. The van der Waals surface area contributed by atoms with E-state index < -0.39 is 11.9 Å². The van der Waals surface area contributed by atoms with Gasteiger partial charge in [-0.3, -0.25) is 0 Å². The molecule has 0 atom stereocenters. The van der Waals surface area contributed by atoms with Crippen molar-refractivity contribution in [3.05, 3.63) is 65.7 Å². The summed E-state index contributed by atoms with van der Waals surface area (Å²) in [4.78, 5) is 22.8. The van der Waals surface area contributed by atoms with Crippen LogP contribution >= 0.6 is 0 Å². The van der Waals surface area contributed by atoms with Gasteiger partial charge in [0.15, 0.2) is 0 Å². The molecule has 2 aromatic carbocycles. The fourth-order valence-electron chi connectivity index (χ4n) is 1.74. The summed E-state index contributed by atoms with van der Waals surface area (Å²) in [5.41, 5.74) is -0.0452. The van der Waals surface area contributed by atoms with Crippen molar-refractivity contribution >= 4 is 11.9 Å². The molecule has 1 N–H and O–H groups in total. The quantitative estimate of drug-likeness (QED) is 0.652. The van der Waals surface area contributed by atoms with Gasteiger partial charge >= 0.3 is 11.9 Å². The average Bonchev–Trinajstić information content (AvgIpc) is 2.52. The Labute approximate surface area is 121 Å². The number of hydrogen-bond acceptors (Lipinski definition) is 4. The monoisotopic (exact) mass is 286 g/mol. The standard InChI is InChI=1S/C16H14O5/c17-15(18)13-8-4-5-9-14(13)16(19)21-11-10-20-12-6-2-1-3-7-12/h1-9H,10-11H2,(H,17,18). The van der Waals surface area contributed by atoms with Gasteiger partial charge in [0, 0.05) is 0 Å². The number of para-hydroxylation sites is 1. The molecule has 5 heteroatoms. The number of carboxylic acid groups (broad SMARTS) is 1. The summed E-state index contributed by atoms with van der Waals surface area (Å²) >= 11 is 0. The molecule has 0 aliphatic carbocycles. The summed E-state index contributed by atoms with van der Waals surface area (Å²) in [6.07, 6.45) is 0. The van der Waals surface area contributed by atoms with E-state index in [1.807, 2.05) is 18.2 Å². The Morgan fingerprint density at radius 3 is 2.14 bits per heavy atom. The summed E-state index contributed by atoms with van der Waals surface area (Å²) in [5.74, 6) is -1.16. The highest BCUT2D eigenvalue weighted by atomic mass is 16.6. The average molecular weight is 286 g/mol. The number of esters is 1. The molecule has 0 aromatic heterocycles. The van der Waals surface area contributed by atoms with Crippen LogP contribution in [0.3, 0.4) is 0 Å². The smallest absolute Gasteiger partial charge is 0.339 e. The first-order chi connectivity index (χ1) is 10.2. The van der Waals surface area contributed by atoms with Gasteiger partial charge in [-0.15, -0.1) is 0 Å². The Kier molecular flexibility index (Phi) is 4.93. The highest BCUT2D eigenvalue weighted by Crippen LogP contribution is 2.11. The van der Waals surface area contributed by atoms with Gasteiger partial charge in [-0.05, 0) is 24.3 Å². The minimum absolute atomic E-state index is 0.0321. The molecule has 0 aliphatic rings. The molecule has 0 unspecified atom stereocenters. The first-order valence-corrected chi connectivity index (χ1v) is 6.36. The van der Waals surface area contributed by atoms with Crippen molar-refractivity contribution in [2.45, 2.75) is 0 Å². The van der Waals surface area contributed by atoms with Crippen molar-refractivity contribution in [3.63, 3.8) is 0 Å². The van der Waals surface area contributed by atoms with E-state index in [2.05, 4.69) is 0 Å². The Bertz CT molecular complexity index is 622. The van der Waals surface area contributed by atoms with Crippen LogP contribution in [0.4, 0.5) is 0 Å². The lowest BCUT2D eigenvalue weighted by Gasteiger charge is -2.08. The second-order valence-electron chi connectivity index (χ2n) is 4.15. The van der Waals surface area contributed by atoms with Crippen LogP contribution in [0.15, 0.2) is 54.6 Å². The number of carboxylic acids is 1. The van der Waals surface area contributed by atoms with Crippen LogP contribution in [0.5, 0.6) is 5.75 Å². The molecule has 21 heavy (non-hydrogen) atoms. The van der Waals surface area contributed by atoms with Crippen LogP contribution in [0.25, 0.3) is 0 Å². The molecule has 0 saturated carbocycles. The van der Waals surface area contributed by atoms with Crippen LogP contribution in [0.2, 0.25) is 0 Å². The van der Waals surface area contributed by atoms with Gasteiger partial charge in [0.25, 0.3) is 0 Å². The molecule has 0 heterocycles. The van der Waals surface area contributed by atoms with Gasteiger partial charge in [-0.1, -0.05) is 30.3 Å². The largest absolute Gasteiger partial charge is 0.490 e. The third-order valence-corrected chi connectivity index (χ3v) is 2.71. The van der Waals surface area contributed by atoms with E-state index in [0.717, 1.165) is 0 Å². The van der Waals surface area contributed by atoms with E-state index in [1.165, 1.54) is 12.1 Å². The fraction of sp³-hybridized carbons (Fsp3) is 0.125. The highest BCUT2D eigenvalue weighted by molar-refractivity contribution is 6.02. The fourth-order valence-corrected chi connectivity index (χ4v) is 1.74. The highest BCUT2D eigenvalue weighted by Gasteiger charge is 2.16. The number of carbonyl (C=O) groups is 2. The minimum Gasteiger partial charge on any atom is -0.490 e. The number of benzene rings is 2. The summed E-state index contributed by atoms with van der Waals surface area (Å²) in [6.45, 7) is 0.243. The first-order valence-electron chi connectivity index (χ1n) is 6.36. The van der Waals surface area contributed by atoms with E-state index >= 15 is 0 Å². The zero-order valence-corrected chi connectivity index (χ0v) is 11.2. The van der Waals surface area contributed by atoms with Crippen LogP contribution in [0.1, 0.15) is 20.7 Å². The number of rotatable bonds is 6. The van der Waals surface area contributed by atoms with Crippen LogP contribution in [-0.2, 0) is 4.74 Å². The van der Waals surface area contributed by atoms with Gasteiger partial charge in [0.2, 0.25) is 0 Å². The second-order valence-corrected chi connectivity index (χ2v) is 4.15. The van der Waals surface area contributed by atoms with Gasteiger partial charge in [-0.2, -0.15) is 0 Å². The molecule has 2 aromatic rings. The lowest BCUT2D eigenvalue weighted by atomic mass is 10.1. The lowest BCUT2D eigenvalue weighted by molar-refractivity contribution is 0.0442. The van der Waals surface area contributed by atoms with Gasteiger partial charge in [0.05, 0.1) is 11.1 Å². The van der Waals surface area contributed by atoms with Crippen LogP contribution in [-0.4, -0.2) is 30.3 Å². The summed E-state index contributed by atoms with van der Waals surface area (Å²) in [7, 11) is 0. The predicted octanol–water partition coefficient (Wildman–Crippen LogP) is 2.62. The molecule has 0 radical (unpaired) electrons. The van der Waals surface area contributed by atoms with Crippen molar-refractivity contribution in [2.75, 3.05) is 13.2 Å². The van der Waals surface area contributed by atoms with Crippen molar-refractivity contribution in [1.29, 1.82) is 0 Å². The van der Waals surface area contributed by atoms with Crippen LogP contribution < -0.4 is 4.74 Å². The zero-order chi connectivity index (χ0) is 15.1. The predicted molar refractivity (Wildman–Crippen MR) is 75.6 cm³/mol. The molecule has 0 aliphatic heterocycles. The van der Waals surface area contributed by atoms with Crippen molar-refractivity contribution < 1.29 is 24.2 Å². The van der Waals surface area contributed by atoms with Gasteiger partial charge in [-0.25, -0.2) is 9.59 Å². The lowest BCUT2D eigenvalue weighted by Crippen LogP contribution is -2.15. The SMILES string of the molecule is O=C(O)c1ccccc1C(=O)OCCOc1ccccc1. The van der Waals surface area contributed by atoms with Crippen molar-refractivity contribution in [1.82, 2.24) is 0 Å². The molecular formula is C16H14O5. The molecule has 0 fully saturated rings. The Morgan fingerprint density at radius 1 is 0.857 bits per heavy atom. The molecule has 2 rings (SSSR count). The number of carbonyl (C=O) groups excluding carboxylic acids is 1. The third kappa shape index (κ3) is 4.07. The maximum Gasteiger partial charge on any atom is 0.339 e. The number of aromatic carboxylic acids is 1. The second kappa shape index (κ2) is 7.09. The van der Waals surface area contributed by atoms with Gasteiger partial charge in [0.1, 0.15) is 19.0 Å². The summed E-state index contributed by atoms with van der Waals surface area (Å²) < 4.78 is 10.4. The number of hydrogen-bond donors (Lipinski definition) is 1. The van der Waals surface area contributed by atoms with E-state index in [9.17, 15) is 9.59 Å². The van der Waals surface area contributed by atoms with Gasteiger partial charge < -0.3 is 14.6 Å². The van der Waals surface area contributed by atoms with E-state index in [0.29, 0.717) is 5.75 Å². The topological polar surface area (TPSA) is 72.8 Å². The minimum atomic E-state index is -1.16. The molecule has 5 nitrogen and oxygen atoms in total. The molecular weight excluding hydrogens is 272 g/mol. The van der Waals surface area contributed by atoms with E-state index in [1.54, 1.807) is 24.3 Å². The maximum atomic E-state index is 11.8. The van der Waals surface area contributed by atoms with Crippen molar-refractivity contribution in [3.8, 4) is 5.75 Å². The van der Waals surface area contributed by atoms with E-state index in [-0.39, 0.29) is 24.3 Å². The molecule has 108 valence electrons. The molecule has 0 bridgehead atoms. The molecule has 0 amide bonds. The third-order valence-electron chi connectivity index (χ3n) is 2.71. The molecule has 0 saturated heterocycles. The summed E-state index contributed by atoms with van der Waals surface area (Å²) in [6, 6.07) is 15.1. The Balaban J connectivity index is 1.86. The summed E-state index contributed by atoms with van der Waals surface area (Å²) in [5, 5.41) is 9.00. The Hall–Kier alpha value is -2.82. The number of ether oxygens (including phenoxy) is 2. The normalized spacial score (nSPS) is 9.90. The maximum absolute atomic E-state index is 11.8. The van der Waals surface area contributed by atoms with Crippen molar-refractivity contribution in [2.24, 2.45) is 0 Å². The zero-order valence-electron chi connectivity index (χ0n) is 11.2. The first kappa shape index (κ1) is 14.6. The Morgan fingerprint density at radius 2 is 1.48 bits per heavy atom.